The lowest BCUT2D eigenvalue weighted by Gasteiger charge is -2.24. The lowest BCUT2D eigenvalue weighted by atomic mass is 10.2. The second-order valence-electron chi connectivity index (χ2n) is 3.96. The second-order valence-corrected chi connectivity index (χ2v) is 4.36. The molecule has 92 valence electrons. The van der Waals surface area contributed by atoms with Crippen molar-refractivity contribution in [2.24, 2.45) is 0 Å². The monoisotopic (exact) mass is 256 g/mol. The van der Waals surface area contributed by atoms with Crippen molar-refractivity contribution in [2.45, 2.75) is 12.5 Å². The van der Waals surface area contributed by atoms with E-state index in [2.05, 4.69) is 4.98 Å². The van der Waals surface area contributed by atoms with Gasteiger partial charge in [0.1, 0.15) is 5.82 Å². The Morgan fingerprint density at radius 2 is 2.47 bits per heavy atom. The van der Waals surface area contributed by atoms with E-state index in [-0.39, 0.29) is 16.6 Å². The average Bonchev–Trinajstić information content (AvgIpc) is 2.81. The van der Waals surface area contributed by atoms with Crippen LogP contribution in [-0.2, 0) is 4.74 Å². The summed E-state index contributed by atoms with van der Waals surface area (Å²) in [6.07, 6.45) is 2.29. The highest BCUT2D eigenvalue weighted by atomic mass is 35.5. The van der Waals surface area contributed by atoms with Crippen molar-refractivity contribution in [3.05, 3.63) is 22.8 Å². The van der Waals surface area contributed by atoms with E-state index in [1.54, 1.807) is 0 Å². The lowest BCUT2D eigenvalue weighted by Crippen LogP contribution is -2.32. The van der Waals surface area contributed by atoms with E-state index in [1.807, 2.05) is 11.9 Å². The van der Waals surface area contributed by atoms with Gasteiger partial charge in [0, 0.05) is 19.9 Å². The molecule has 0 spiro atoms. The molecule has 0 amide bonds. The van der Waals surface area contributed by atoms with Crippen molar-refractivity contribution in [3.8, 4) is 0 Å². The minimum absolute atomic E-state index is 0.0717. The summed E-state index contributed by atoms with van der Waals surface area (Å²) in [6, 6.07) is 1.73. The number of hydrogen-bond acceptors (Lipinski definition) is 4. The number of pyridine rings is 1. The number of anilines is 1. The van der Waals surface area contributed by atoms with Gasteiger partial charge in [0.25, 0.3) is 0 Å². The summed E-state index contributed by atoms with van der Waals surface area (Å²) in [4.78, 5) is 17.0. The fourth-order valence-corrected chi connectivity index (χ4v) is 1.98. The third kappa shape index (κ3) is 2.50. The van der Waals surface area contributed by atoms with Crippen LogP contribution in [0.25, 0.3) is 0 Å². The molecule has 5 nitrogen and oxygen atoms in total. The van der Waals surface area contributed by atoms with Gasteiger partial charge in [-0.3, -0.25) is 0 Å². The second kappa shape index (κ2) is 4.89. The van der Waals surface area contributed by atoms with E-state index in [4.69, 9.17) is 21.4 Å². The Hall–Kier alpha value is -1.33. The molecule has 0 radical (unpaired) electrons. The van der Waals surface area contributed by atoms with Crippen molar-refractivity contribution in [2.75, 3.05) is 25.2 Å². The van der Waals surface area contributed by atoms with E-state index in [9.17, 15) is 4.79 Å². The summed E-state index contributed by atoms with van der Waals surface area (Å²) in [7, 11) is 1.88. The number of aromatic carboxylic acids is 1. The number of ether oxygens (including phenoxy) is 1. The van der Waals surface area contributed by atoms with Crippen LogP contribution >= 0.6 is 11.6 Å². The fraction of sp³-hybridized carbons (Fsp3) is 0.455. The molecular weight excluding hydrogens is 244 g/mol. The van der Waals surface area contributed by atoms with Crippen LogP contribution in [0, 0.1) is 0 Å². The van der Waals surface area contributed by atoms with Gasteiger partial charge >= 0.3 is 5.97 Å². The van der Waals surface area contributed by atoms with Crippen LogP contribution in [0.15, 0.2) is 12.3 Å². The Morgan fingerprint density at radius 1 is 1.71 bits per heavy atom. The molecule has 17 heavy (non-hydrogen) atoms. The standard InChI is InChI=1S/C11H13ClN2O3/c1-14(7-2-3-17-6-7)10-4-8(11(15)16)9(12)5-13-10/h4-5,7H,2-3,6H2,1H3,(H,15,16). The maximum Gasteiger partial charge on any atom is 0.337 e. The molecule has 1 atom stereocenters. The van der Waals surface area contributed by atoms with Gasteiger partial charge in [-0.05, 0) is 12.5 Å². The fourth-order valence-electron chi connectivity index (χ4n) is 1.80. The van der Waals surface area contributed by atoms with Gasteiger partial charge in [0.2, 0.25) is 0 Å². The molecule has 2 heterocycles. The van der Waals surface area contributed by atoms with Crippen LogP contribution in [0.3, 0.4) is 0 Å². The Balaban J connectivity index is 2.26. The number of carbonyl (C=O) groups is 1. The predicted molar refractivity (Wildman–Crippen MR) is 63.8 cm³/mol. The van der Waals surface area contributed by atoms with Crippen LogP contribution in [0.2, 0.25) is 5.02 Å². The third-order valence-electron chi connectivity index (χ3n) is 2.89. The van der Waals surface area contributed by atoms with Gasteiger partial charge in [-0.15, -0.1) is 0 Å². The van der Waals surface area contributed by atoms with Crippen molar-refractivity contribution in [1.82, 2.24) is 4.98 Å². The molecular formula is C11H13ClN2O3. The number of carboxylic acids is 1. The molecule has 1 N–H and O–H groups in total. The van der Waals surface area contributed by atoms with Gasteiger partial charge in [-0.25, -0.2) is 9.78 Å². The first-order valence-electron chi connectivity index (χ1n) is 5.29. The Labute approximate surface area is 104 Å². The Kier molecular flexibility index (Phi) is 3.49. The molecule has 2 rings (SSSR count). The Morgan fingerprint density at radius 3 is 3.06 bits per heavy atom. The van der Waals surface area contributed by atoms with Crippen LogP contribution in [0.5, 0.6) is 0 Å². The van der Waals surface area contributed by atoms with Crippen molar-refractivity contribution < 1.29 is 14.6 Å². The summed E-state index contributed by atoms with van der Waals surface area (Å²) >= 11 is 5.77. The quantitative estimate of drug-likeness (QED) is 0.891. The molecule has 1 aromatic rings. The van der Waals surface area contributed by atoms with E-state index in [0.717, 1.165) is 13.0 Å². The van der Waals surface area contributed by atoms with Crippen molar-refractivity contribution >= 4 is 23.4 Å². The van der Waals surface area contributed by atoms with Crippen LogP contribution in [0.4, 0.5) is 5.82 Å². The first-order valence-corrected chi connectivity index (χ1v) is 5.67. The number of hydrogen-bond donors (Lipinski definition) is 1. The van der Waals surface area contributed by atoms with E-state index in [0.29, 0.717) is 12.4 Å². The zero-order valence-electron chi connectivity index (χ0n) is 9.39. The minimum Gasteiger partial charge on any atom is -0.478 e. The molecule has 1 saturated heterocycles. The molecule has 6 heteroatoms. The number of aromatic nitrogens is 1. The predicted octanol–water partition coefficient (Wildman–Crippen LogP) is 1.66. The molecule has 0 aliphatic carbocycles. The van der Waals surface area contributed by atoms with E-state index >= 15 is 0 Å². The lowest BCUT2D eigenvalue weighted by molar-refractivity contribution is 0.0697. The smallest absolute Gasteiger partial charge is 0.337 e. The number of rotatable bonds is 3. The zero-order valence-corrected chi connectivity index (χ0v) is 10.1. The minimum atomic E-state index is -1.05. The number of likely N-dealkylation sites (N-methyl/N-ethyl adjacent to an activating group) is 1. The first kappa shape index (κ1) is 12.1. The maximum atomic E-state index is 11.0. The summed E-state index contributed by atoms with van der Waals surface area (Å²) in [6.45, 7) is 1.37. The Bertz CT molecular complexity index is 433. The number of halogens is 1. The third-order valence-corrected chi connectivity index (χ3v) is 3.19. The average molecular weight is 257 g/mol. The topological polar surface area (TPSA) is 62.7 Å². The molecule has 0 bridgehead atoms. The summed E-state index contributed by atoms with van der Waals surface area (Å²) in [5, 5.41) is 9.13. The summed E-state index contributed by atoms with van der Waals surface area (Å²) < 4.78 is 5.29. The van der Waals surface area contributed by atoms with E-state index < -0.39 is 5.97 Å². The SMILES string of the molecule is CN(c1cc(C(=O)O)c(Cl)cn1)C1CCOC1. The van der Waals surface area contributed by atoms with E-state index in [1.165, 1.54) is 12.3 Å². The number of nitrogens with zero attached hydrogens (tertiary/aromatic N) is 2. The molecule has 1 unspecified atom stereocenters. The van der Waals surface area contributed by atoms with Gasteiger partial charge in [0.05, 0.1) is 23.2 Å². The van der Waals surface area contributed by atoms with Crippen molar-refractivity contribution in [3.63, 3.8) is 0 Å². The molecule has 1 aromatic heterocycles. The van der Waals surface area contributed by atoms with Crippen molar-refractivity contribution in [1.29, 1.82) is 0 Å². The highest BCUT2D eigenvalue weighted by Crippen LogP contribution is 2.23. The van der Waals surface area contributed by atoms with Crippen LogP contribution in [0.1, 0.15) is 16.8 Å². The normalized spacial score (nSPS) is 19.3. The molecule has 1 aliphatic rings. The van der Waals surface area contributed by atoms with Gasteiger partial charge < -0.3 is 14.7 Å². The molecule has 1 fully saturated rings. The maximum absolute atomic E-state index is 11.0. The largest absolute Gasteiger partial charge is 0.478 e. The molecule has 1 aliphatic heterocycles. The zero-order chi connectivity index (χ0) is 12.4. The van der Waals surface area contributed by atoms with Gasteiger partial charge in [-0.2, -0.15) is 0 Å². The van der Waals surface area contributed by atoms with Gasteiger partial charge in [-0.1, -0.05) is 11.6 Å². The summed E-state index contributed by atoms with van der Waals surface area (Å²) in [5.74, 6) is -0.447. The highest BCUT2D eigenvalue weighted by molar-refractivity contribution is 6.33. The van der Waals surface area contributed by atoms with Gasteiger partial charge in [0.15, 0.2) is 0 Å². The molecule has 0 aromatic carbocycles. The number of carboxylic acid groups (broad SMARTS) is 1. The summed E-state index contributed by atoms with van der Waals surface area (Å²) in [5.41, 5.74) is 0.0717. The van der Waals surface area contributed by atoms with Crippen LogP contribution in [-0.4, -0.2) is 42.4 Å². The highest BCUT2D eigenvalue weighted by Gasteiger charge is 2.22. The molecule has 0 saturated carbocycles. The first-order chi connectivity index (χ1) is 8.09. The van der Waals surface area contributed by atoms with Crippen LogP contribution < -0.4 is 4.90 Å².